The number of allylic oxidation sites excluding steroid dienone is 3. The second kappa shape index (κ2) is 12.7. The van der Waals surface area contributed by atoms with Crippen LogP contribution in [0.5, 0.6) is 0 Å². The lowest BCUT2D eigenvalue weighted by Crippen LogP contribution is -2.47. The Morgan fingerprint density at radius 1 is 0.872 bits per heavy atom. The maximum Gasteiger partial charge on any atom is 0.416 e. The van der Waals surface area contributed by atoms with Crippen molar-refractivity contribution >= 4 is 32.5 Å². The zero-order chi connectivity index (χ0) is 33.2. The lowest BCUT2D eigenvalue weighted by atomic mass is 9.85. The average molecular weight is 658 g/mol. The standard InChI is InChI=1S/C37H30F3NO5S/c38-37(39,40)30-15-9-12-27(22-30)24-41(25-34(42)43)47(44,45)36(20-18-29(19-21-36)28-13-5-2-6-14-28)35-31-16-7-8-17-32(31)46-33(35)23-26-10-3-1-4-11-26/h1-20,22H,21,23-25H2,(H,42,43). The summed E-state index contributed by atoms with van der Waals surface area (Å²) in [6.07, 6.45) is 0.563. The van der Waals surface area contributed by atoms with Gasteiger partial charge in [-0.05, 0) is 40.8 Å². The summed E-state index contributed by atoms with van der Waals surface area (Å²) in [5.41, 5.74) is 2.36. The van der Waals surface area contributed by atoms with E-state index >= 15 is 8.42 Å². The number of para-hydroxylation sites is 1. The number of hydrogen-bond donors (Lipinski definition) is 1. The van der Waals surface area contributed by atoms with Crippen LogP contribution in [0.2, 0.25) is 0 Å². The van der Waals surface area contributed by atoms with Gasteiger partial charge < -0.3 is 9.52 Å². The Balaban J connectivity index is 1.55. The summed E-state index contributed by atoms with van der Waals surface area (Å²) in [6, 6.07) is 30.1. The molecule has 1 aliphatic carbocycles. The summed E-state index contributed by atoms with van der Waals surface area (Å²) in [5.74, 6) is -1.06. The highest BCUT2D eigenvalue weighted by atomic mass is 32.2. The molecule has 1 N–H and O–H groups in total. The first-order valence-corrected chi connectivity index (χ1v) is 16.3. The Bertz CT molecular complexity index is 2090. The van der Waals surface area contributed by atoms with E-state index in [9.17, 15) is 23.1 Å². The van der Waals surface area contributed by atoms with Crippen LogP contribution in [0, 0.1) is 0 Å². The van der Waals surface area contributed by atoms with Crippen LogP contribution in [-0.2, 0) is 38.7 Å². The molecule has 0 saturated heterocycles. The molecular weight excluding hydrogens is 627 g/mol. The van der Waals surface area contributed by atoms with Crippen molar-refractivity contribution < 1.29 is 35.9 Å². The third-order valence-corrected chi connectivity index (χ3v) is 10.7. The van der Waals surface area contributed by atoms with Crippen LogP contribution >= 0.6 is 0 Å². The van der Waals surface area contributed by atoms with Crippen LogP contribution in [-0.4, -0.2) is 30.3 Å². The molecule has 5 aromatic rings. The first-order chi connectivity index (χ1) is 22.5. The topological polar surface area (TPSA) is 87.8 Å². The minimum Gasteiger partial charge on any atom is -0.480 e. The molecule has 4 aromatic carbocycles. The maximum absolute atomic E-state index is 15.1. The number of rotatable bonds is 10. The van der Waals surface area contributed by atoms with Gasteiger partial charge in [-0.25, -0.2) is 8.42 Å². The van der Waals surface area contributed by atoms with Crippen LogP contribution in [0.15, 0.2) is 132 Å². The van der Waals surface area contributed by atoms with E-state index in [0.717, 1.165) is 33.1 Å². The summed E-state index contributed by atoms with van der Waals surface area (Å²) in [6.45, 7) is -1.56. The van der Waals surface area contributed by atoms with E-state index in [4.69, 9.17) is 4.42 Å². The highest BCUT2D eigenvalue weighted by Crippen LogP contribution is 2.48. The lowest BCUT2D eigenvalue weighted by molar-refractivity contribution is -0.138. The number of halogens is 3. The molecule has 1 aromatic heterocycles. The zero-order valence-corrected chi connectivity index (χ0v) is 25.8. The summed E-state index contributed by atoms with van der Waals surface area (Å²) >= 11 is 0. The normalized spacial score (nSPS) is 16.8. The number of fused-ring (bicyclic) bond motifs is 1. The number of benzene rings is 4. The molecule has 0 fully saturated rings. The van der Waals surface area contributed by atoms with Crippen molar-refractivity contribution in [2.24, 2.45) is 0 Å². The third kappa shape index (κ3) is 6.39. The van der Waals surface area contributed by atoms with E-state index in [2.05, 4.69) is 0 Å². The van der Waals surface area contributed by atoms with Gasteiger partial charge in [0.1, 0.15) is 22.6 Å². The predicted octanol–water partition coefficient (Wildman–Crippen LogP) is 8.20. The lowest BCUT2D eigenvalue weighted by Gasteiger charge is -2.37. The molecule has 0 saturated carbocycles. The van der Waals surface area contributed by atoms with Crippen molar-refractivity contribution in [2.75, 3.05) is 6.54 Å². The van der Waals surface area contributed by atoms with E-state index < -0.39 is 45.6 Å². The van der Waals surface area contributed by atoms with Gasteiger partial charge in [-0.3, -0.25) is 4.79 Å². The van der Waals surface area contributed by atoms with E-state index in [1.165, 1.54) is 12.1 Å². The minimum atomic E-state index is -4.68. The number of sulfonamides is 1. The highest BCUT2D eigenvalue weighted by molar-refractivity contribution is 7.90. The van der Waals surface area contributed by atoms with Crippen molar-refractivity contribution in [3.63, 3.8) is 0 Å². The van der Waals surface area contributed by atoms with E-state index in [-0.39, 0.29) is 18.4 Å². The Morgan fingerprint density at radius 3 is 2.19 bits per heavy atom. The summed E-state index contributed by atoms with van der Waals surface area (Å²) in [7, 11) is -4.68. The molecule has 10 heteroatoms. The Hall–Kier alpha value is -4.93. The van der Waals surface area contributed by atoms with Crippen molar-refractivity contribution in [2.45, 2.75) is 30.3 Å². The van der Waals surface area contributed by atoms with Crippen molar-refractivity contribution in [3.05, 3.63) is 161 Å². The first-order valence-electron chi connectivity index (χ1n) is 14.9. The summed E-state index contributed by atoms with van der Waals surface area (Å²) in [4.78, 5) is 12.2. The molecule has 0 aliphatic heterocycles. The van der Waals surface area contributed by atoms with Gasteiger partial charge in [0, 0.05) is 23.9 Å². The molecule has 6 nitrogen and oxygen atoms in total. The summed E-state index contributed by atoms with van der Waals surface area (Å²) < 4.78 is 76.3. The molecule has 0 amide bonds. The van der Waals surface area contributed by atoms with Crippen molar-refractivity contribution in [3.8, 4) is 0 Å². The molecule has 0 spiro atoms. The quantitative estimate of drug-likeness (QED) is 0.164. The van der Waals surface area contributed by atoms with Gasteiger partial charge in [-0.2, -0.15) is 17.5 Å². The van der Waals surface area contributed by atoms with Crippen LogP contribution in [0.3, 0.4) is 0 Å². The van der Waals surface area contributed by atoms with Crippen molar-refractivity contribution in [1.82, 2.24) is 4.31 Å². The monoisotopic (exact) mass is 657 g/mol. The smallest absolute Gasteiger partial charge is 0.416 e. The molecule has 1 heterocycles. The Morgan fingerprint density at radius 2 is 1.53 bits per heavy atom. The molecule has 0 radical (unpaired) electrons. The second-order valence-corrected chi connectivity index (χ2v) is 13.6. The zero-order valence-electron chi connectivity index (χ0n) is 25.0. The average Bonchev–Trinajstić information content (AvgIpc) is 3.43. The van der Waals surface area contributed by atoms with Crippen LogP contribution in [0.4, 0.5) is 13.2 Å². The maximum atomic E-state index is 15.1. The first kappa shape index (κ1) is 32.0. The number of aliphatic carboxylic acids is 1. The number of hydrogen-bond acceptors (Lipinski definition) is 4. The number of carboxylic acids is 1. The van der Waals surface area contributed by atoms with Crippen LogP contribution < -0.4 is 0 Å². The molecule has 6 rings (SSSR count). The van der Waals surface area contributed by atoms with Gasteiger partial charge in [-0.1, -0.05) is 115 Å². The van der Waals surface area contributed by atoms with E-state index in [1.54, 1.807) is 42.5 Å². The SMILES string of the molecule is O=C(O)CN(Cc1cccc(C(F)(F)F)c1)S(=O)(=O)C1(c2c(Cc3ccccc3)oc3ccccc23)C=CC(c2ccccc2)=CC1. The van der Waals surface area contributed by atoms with Gasteiger partial charge in [0.15, 0.2) is 0 Å². The molecular formula is C37H30F3NO5S. The second-order valence-electron chi connectivity index (χ2n) is 11.4. The summed E-state index contributed by atoms with van der Waals surface area (Å²) in [5, 5.41) is 10.4. The number of furan rings is 1. The number of carbonyl (C=O) groups is 1. The molecule has 240 valence electrons. The Kier molecular flexibility index (Phi) is 8.65. The van der Waals surface area contributed by atoms with Gasteiger partial charge in [0.05, 0.1) is 5.56 Å². The van der Waals surface area contributed by atoms with Gasteiger partial charge in [0.25, 0.3) is 0 Å². The van der Waals surface area contributed by atoms with Crippen LogP contribution in [0.1, 0.15) is 40.0 Å². The largest absolute Gasteiger partial charge is 0.480 e. The number of alkyl halides is 3. The number of carboxylic acid groups (broad SMARTS) is 1. The van der Waals surface area contributed by atoms with Crippen molar-refractivity contribution in [1.29, 1.82) is 0 Å². The Labute approximate surface area is 270 Å². The van der Waals surface area contributed by atoms with Gasteiger partial charge in [-0.15, -0.1) is 0 Å². The molecule has 0 bridgehead atoms. The van der Waals surface area contributed by atoms with Gasteiger partial charge in [0.2, 0.25) is 10.0 Å². The number of nitrogens with zero attached hydrogens (tertiary/aromatic N) is 1. The molecule has 1 aliphatic rings. The fourth-order valence-corrected chi connectivity index (χ4v) is 8.17. The van der Waals surface area contributed by atoms with E-state index in [0.29, 0.717) is 22.3 Å². The fourth-order valence-electron chi connectivity index (χ4n) is 6.09. The molecule has 47 heavy (non-hydrogen) atoms. The molecule has 1 atom stereocenters. The third-order valence-electron chi connectivity index (χ3n) is 8.29. The fraction of sp³-hybridized carbons (Fsp3) is 0.162. The van der Waals surface area contributed by atoms with Gasteiger partial charge >= 0.3 is 12.1 Å². The van der Waals surface area contributed by atoms with E-state index in [1.807, 2.05) is 60.7 Å². The minimum absolute atomic E-state index is 0.00154. The van der Waals surface area contributed by atoms with Crippen LogP contribution in [0.25, 0.3) is 16.5 Å². The molecule has 1 unspecified atom stereocenters. The predicted molar refractivity (Wildman–Crippen MR) is 174 cm³/mol. The highest BCUT2D eigenvalue weighted by Gasteiger charge is 2.51.